The molecule has 0 saturated heterocycles. The third-order valence-corrected chi connectivity index (χ3v) is 25.5. The Labute approximate surface area is 689 Å². The van der Waals surface area contributed by atoms with Gasteiger partial charge in [0.25, 0.3) is 0 Å². The summed E-state index contributed by atoms with van der Waals surface area (Å²) < 4.78 is 17.1. The highest BCUT2D eigenvalue weighted by Crippen LogP contribution is 2.50. The number of hydrogen-bond acceptors (Lipinski definition) is 1. The molecule has 5 heterocycles. The molecule has 0 aliphatic rings. The fourth-order valence-electron chi connectivity index (χ4n) is 19.2. The van der Waals surface area contributed by atoms with Gasteiger partial charge in [-0.05, 0) is 202 Å². The zero-order valence-corrected chi connectivity index (χ0v) is 72.0. The van der Waals surface area contributed by atoms with Crippen LogP contribution in [0.4, 0.5) is 0 Å². The van der Waals surface area contributed by atoms with Crippen LogP contribution >= 0.6 is 0 Å². The monoisotopic (exact) mass is 1520 g/mol. The molecule has 0 spiro atoms. The molecule has 0 aliphatic carbocycles. The first-order valence-corrected chi connectivity index (χ1v) is 42.2. The maximum atomic E-state index is 6.74. The van der Waals surface area contributed by atoms with Crippen molar-refractivity contribution in [1.29, 1.82) is 0 Å². The van der Waals surface area contributed by atoms with Crippen LogP contribution in [0.1, 0.15) is 183 Å². The average molecular weight is 1530 g/mol. The summed E-state index contributed by atoms with van der Waals surface area (Å²) in [5, 5.41) is 12.1. The molecular formula is C112H108N4O. The van der Waals surface area contributed by atoms with Crippen molar-refractivity contribution in [2.45, 2.75) is 183 Å². The Hall–Kier alpha value is -11.9. The van der Waals surface area contributed by atoms with Crippen molar-refractivity contribution < 1.29 is 4.42 Å². The third kappa shape index (κ3) is 12.6. The summed E-state index contributed by atoms with van der Waals surface area (Å²) in [6, 6.07) is 108. The number of aromatic nitrogens is 4. The molecule has 0 fully saturated rings. The Morgan fingerprint density at radius 1 is 0.239 bits per heavy atom. The molecule has 0 aliphatic heterocycles. The minimum atomic E-state index is -0.267. The number of hydrogen-bond donors (Lipinski definition) is 0. The fourth-order valence-corrected chi connectivity index (χ4v) is 19.2. The van der Waals surface area contributed by atoms with Gasteiger partial charge >= 0.3 is 0 Å². The number of rotatable bonds is 10. The van der Waals surface area contributed by atoms with E-state index in [0.29, 0.717) is 0 Å². The number of furan rings is 1. The summed E-state index contributed by atoms with van der Waals surface area (Å²) in [6.07, 6.45) is 0.815. The Bertz CT molecular complexity index is 7090. The SMILES string of the molecule is CC(C)(C)c1cc(-c2cc(-c3cc(C(C)(C)C)cc(C(C)(C)C)c3)cc(-n3c4cccc(-c5ccc6c7ccccc7n(-c7cc(-n8c9ccccc9c9ccccc98)cc(-n8c9ccc(CC(C)(C)c%10cccc%11c%10oc%10ccccc%10%11)cc9c9cccc(C(C)(C)C)c98)c7)c6c5)c4c4cccc(C(C)(C)C)c43)c2)cc(C(C)(C)C)c1. The van der Waals surface area contributed by atoms with Gasteiger partial charge in [0.15, 0.2) is 0 Å². The van der Waals surface area contributed by atoms with Crippen LogP contribution in [0.3, 0.4) is 0 Å². The topological polar surface area (TPSA) is 32.9 Å². The van der Waals surface area contributed by atoms with E-state index < -0.39 is 0 Å². The van der Waals surface area contributed by atoms with Crippen LogP contribution in [0, 0.1) is 0 Å². The van der Waals surface area contributed by atoms with Crippen molar-refractivity contribution in [2.75, 3.05) is 0 Å². The van der Waals surface area contributed by atoms with Gasteiger partial charge in [-0.15, -0.1) is 0 Å². The van der Waals surface area contributed by atoms with E-state index in [0.717, 1.165) is 84.3 Å². The maximum absolute atomic E-state index is 6.74. The van der Waals surface area contributed by atoms with Gasteiger partial charge in [-0.3, -0.25) is 0 Å². The van der Waals surface area contributed by atoms with Crippen molar-refractivity contribution >= 4 is 109 Å². The standard InChI is InChI=1S/C112H108N4O/c1-106(2,3)74-55-72(56-75(62-74)107(4,5)6)70-54-71(73-57-76(108(7,8)9)63-77(58-73)109(10,11)12)60-78(59-70)116-99-47-32-37-82(102(99)90-40-31-42-93(104(90)116)111(16,17)18)69-50-51-86-85-35-23-27-46-97(85)114(100(86)61-69)80-64-79(113-95-44-25-21-33-83(95)84-34-22-26-45-96(84)113)65-81(66-80)115-98-52-49-68(53-91(98)88-38-29-41-92(103(88)115)110(13,14)15)67-112(19,20)94-43-30-39-89-87-36-24-28-48-101(87)117-105(89)94/h21-66H,67H2,1-20H3. The van der Waals surface area contributed by atoms with E-state index in [1.807, 2.05) is 0 Å². The lowest BCUT2D eigenvalue weighted by atomic mass is 9.78. The van der Waals surface area contributed by atoms with E-state index in [9.17, 15) is 0 Å². The molecule has 5 heteroatoms. The van der Waals surface area contributed by atoms with Crippen LogP contribution in [-0.4, -0.2) is 18.3 Å². The Morgan fingerprint density at radius 2 is 0.632 bits per heavy atom. The second-order valence-corrected chi connectivity index (χ2v) is 40.5. The van der Waals surface area contributed by atoms with Gasteiger partial charge in [-0.2, -0.15) is 0 Å². The predicted octanol–water partition coefficient (Wildman–Crippen LogP) is 31.3. The minimum Gasteiger partial charge on any atom is -0.456 e. The molecule has 19 aromatic rings. The second kappa shape index (κ2) is 26.6. The lowest BCUT2D eigenvalue weighted by molar-refractivity contribution is 0.515. The Kier molecular flexibility index (Phi) is 17.1. The van der Waals surface area contributed by atoms with Crippen LogP contribution in [0.2, 0.25) is 0 Å². The Balaban J connectivity index is 0.854. The quantitative estimate of drug-likeness (QED) is 0.134. The summed E-state index contributed by atoms with van der Waals surface area (Å²) in [4.78, 5) is 0. The van der Waals surface area contributed by atoms with E-state index >= 15 is 0 Å². The molecule has 19 rings (SSSR count). The molecule has 14 aromatic carbocycles. The highest BCUT2D eigenvalue weighted by atomic mass is 16.3. The van der Waals surface area contributed by atoms with E-state index in [4.69, 9.17) is 4.42 Å². The van der Waals surface area contributed by atoms with Crippen molar-refractivity contribution in [3.8, 4) is 56.1 Å². The summed E-state index contributed by atoms with van der Waals surface area (Å²) in [7, 11) is 0. The highest BCUT2D eigenvalue weighted by molar-refractivity contribution is 6.19. The van der Waals surface area contributed by atoms with E-state index in [-0.39, 0.29) is 37.9 Å². The van der Waals surface area contributed by atoms with Gasteiger partial charge in [0.05, 0.1) is 61.2 Å². The van der Waals surface area contributed by atoms with Crippen LogP contribution in [0.25, 0.3) is 165 Å². The molecule has 117 heavy (non-hydrogen) atoms. The lowest BCUT2D eigenvalue weighted by Gasteiger charge is -2.27. The largest absolute Gasteiger partial charge is 0.456 e. The van der Waals surface area contributed by atoms with E-state index in [1.165, 1.54) is 132 Å². The minimum absolute atomic E-state index is 0.0775. The molecule has 0 N–H and O–H groups in total. The third-order valence-electron chi connectivity index (χ3n) is 25.5. The van der Waals surface area contributed by atoms with Crippen LogP contribution in [0.15, 0.2) is 283 Å². The van der Waals surface area contributed by atoms with Gasteiger partial charge in [0.2, 0.25) is 0 Å². The van der Waals surface area contributed by atoms with Gasteiger partial charge < -0.3 is 22.7 Å². The van der Waals surface area contributed by atoms with Gasteiger partial charge in [-0.25, -0.2) is 0 Å². The van der Waals surface area contributed by atoms with E-state index in [2.05, 4.69) is 436 Å². The zero-order chi connectivity index (χ0) is 81.7. The van der Waals surface area contributed by atoms with Crippen molar-refractivity contribution in [3.63, 3.8) is 0 Å². The number of nitrogens with zero attached hydrogens (tertiary/aromatic N) is 4. The summed E-state index contributed by atoms with van der Waals surface area (Å²) >= 11 is 0. The van der Waals surface area contributed by atoms with Gasteiger partial charge in [-0.1, -0.05) is 333 Å². The number of para-hydroxylation sites is 7. The van der Waals surface area contributed by atoms with Crippen LogP contribution in [0.5, 0.6) is 0 Å². The second-order valence-electron chi connectivity index (χ2n) is 40.5. The summed E-state index contributed by atoms with van der Waals surface area (Å²) in [6.45, 7) is 47.3. The molecule has 0 amide bonds. The normalized spacial score (nSPS) is 13.2. The average Bonchev–Trinajstić information content (AvgIpc) is 1.56. The molecule has 0 saturated carbocycles. The van der Waals surface area contributed by atoms with Crippen LogP contribution in [-0.2, 0) is 44.3 Å². The van der Waals surface area contributed by atoms with Crippen molar-refractivity contribution in [3.05, 3.63) is 324 Å². The highest BCUT2D eigenvalue weighted by Gasteiger charge is 2.32. The smallest absolute Gasteiger partial charge is 0.139 e. The molecule has 0 atom stereocenters. The number of benzene rings is 14. The van der Waals surface area contributed by atoms with Gasteiger partial charge in [0.1, 0.15) is 11.2 Å². The molecule has 5 nitrogen and oxygen atoms in total. The molecule has 5 aromatic heterocycles. The fraction of sp³-hybridized carbons (Fsp3) is 0.250. The first-order valence-electron chi connectivity index (χ1n) is 42.2. The van der Waals surface area contributed by atoms with Crippen LogP contribution < -0.4 is 0 Å². The zero-order valence-electron chi connectivity index (χ0n) is 72.0. The van der Waals surface area contributed by atoms with Gasteiger partial charge in [0, 0.05) is 65.1 Å². The molecule has 582 valence electrons. The number of fused-ring (bicyclic) bond motifs is 15. The summed E-state index contributed by atoms with van der Waals surface area (Å²) in [5.41, 5.74) is 32.3. The summed E-state index contributed by atoms with van der Waals surface area (Å²) in [5.74, 6) is 0. The predicted molar refractivity (Wildman–Crippen MR) is 503 cm³/mol. The Morgan fingerprint density at radius 3 is 1.15 bits per heavy atom. The lowest BCUT2D eigenvalue weighted by Crippen LogP contribution is -2.20. The van der Waals surface area contributed by atoms with Crippen molar-refractivity contribution in [1.82, 2.24) is 18.3 Å². The first kappa shape index (κ1) is 75.1. The maximum Gasteiger partial charge on any atom is 0.139 e. The molecule has 0 bridgehead atoms. The van der Waals surface area contributed by atoms with Crippen molar-refractivity contribution in [2.24, 2.45) is 0 Å². The molecule has 0 radical (unpaired) electrons. The first-order chi connectivity index (χ1) is 55.5. The molecular weight excluding hydrogens is 1420 g/mol. The molecule has 0 unspecified atom stereocenters. The van der Waals surface area contributed by atoms with E-state index in [1.54, 1.807) is 0 Å².